The molecule has 0 aliphatic carbocycles. The number of ether oxygens (including phenoxy) is 1. The Morgan fingerprint density at radius 3 is 2.54 bits per heavy atom. The first-order valence-corrected chi connectivity index (χ1v) is 8.65. The van der Waals surface area contributed by atoms with Crippen LogP contribution in [0, 0.1) is 0 Å². The Kier molecular flexibility index (Phi) is 5.37. The summed E-state index contributed by atoms with van der Waals surface area (Å²) in [7, 11) is 2.04. The molecule has 2 aromatic rings. The Labute approximate surface area is 150 Å². The van der Waals surface area contributed by atoms with Gasteiger partial charge in [0.2, 0.25) is 0 Å². The zero-order valence-corrected chi connectivity index (χ0v) is 15.1. The molecule has 0 aromatic heterocycles. The van der Waals surface area contributed by atoms with E-state index in [0.29, 0.717) is 13.2 Å². The molecule has 1 aliphatic rings. The molecule has 1 atom stereocenters. The molecule has 1 saturated heterocycles. The Morgan fingerprint density at radius 2 is 1.92 bits per heavy atom. The van der Waals surface area contributed by atoms with Gasteiger partial charge in [-0.25, -0.2) is 15.2 Å². The highest BCUT2D eigenvalue weighted by Crippen LogP contribution is 2.21. The largest absolute Gasteiger partial charge is 0.447 e. The molecule has 24 heavy (non-hydrogen) atoms. The number of amides is 1. The van der Waals surface area contributed by atoms with Crippen molar-refractivity contribution < 1.29 is 9.53 Å². The molecule has 5 nitrogen and oxygen atoms in total. The maximum absolute atomic E-state index is 11.8. The van der Waals surface area contributed by atoms with E-state index in [0.717, 1.165) is 22.3 Å². The molecule has 6 heteroatoms. The van der Waals surface area contributed by atoms with Crippen LogP contribution in [0.15, 0.2) is 59.1 Å². The number of benzene rings is 2. The Hall–Kier alpha value is -2.05. The van der Waals surface area contributed by atoms with Crippen molar-refractivity contribution in [2.45, 2.75) is 6.04 Å². The van der Waals surface area contributed by atoms with Crippen molar-refractivity contribution in [3.63, 3.8) is 0 Å². The Balaban J connectivity index is 1.76. The third-order valence-electron chi connectivity index (χ3n) is 4.00. The average molecular weight is 390 g/mol. The van der Waals surface area contributed by atoms with Gasteiger partial charge in [-0.2, -0.15) is 0 Å². The van der Waals surface area contributed by atoms with Crippen LogP contribution in [-0.2, 0) is 4.74 Å². The number of cyclic esters (lactones) is 1. The van der Waals surface area contributed by atoms with Crippen molar-refractivity contribution in [2.24, 2.45) is 0 Å². The van der Waals surface area contributed by atoms with E-state index < -0.39 is 0 Å². The molecule has 1 fully saturated rings. The topological polar surface area (TPSA) is 44.8 Å². The second-order valence-corrected chi connectivity index (χ2v) is 6.63. The van der Waals surface area contributed by atoms with Gasteiger partial charge in [0.05, 0.1) is 12.6 Å². The highest BCUT2D eigenvalue weighted by molar-refractivity contribution is 9.10. The van der Waals surface area contributed by atoms with E-state index in [-0.39, 0.29) is 12.1 Å². The second kappa shape index (κ2) is 7.68. The number of nitrogens with one attached hydrogen (secondary N) is 1. The first-order valence-electron chi connectivity index (χ1n) is 7.85. The summed E-state index contributed by atoms with van der Waals surface area (Å²) in [5.41, 5.74) is 5.54. The zero-order valence-electron chi connectivity index (χ0n) is 13.5. The van der Waals surface area contributed by atoms with E-state index in [1.54, 1.807) is 5.01 Å². The number of hydrazine groups is 1. The number of likely N-dealkylation sites (N-methyl/N-ethyl adjacent to an activating group) is 1. The van der Waals surface area contributed by atoms with Crippen molar-refractivity contribution in [1.29, 1.82) is 0 Å². The minimum absolute atomic E-state index is 0.0227. The van der Waals surface area contributed by atoms with Crippen LogP contribution in [0.3, 0.4) is 0 Å². The molecule has 0 saturated carbocycles. The van der Waals surface area contributed by atoms with Crippen LogP contribution in [-0.4, -0.2) is 37.8 Å². The first kappa shape index (κ1) is 16.8. The predicted molar refractivity (Wildman–Crippen MR) is 97.8 cm³/mol. The number of carbonyl (C=O) groups is 1. The molecule has 126 valence electrons. The number of hydrogen-bond acceptors (Lipinski definition) is 4. The van der Waals surface area contributed by atoms with Crippen molar-refractivity contribution >= 4 is 27.7 Å². The molecule has 0 unspecified atom stereocenters. The number of rotatable bonds is 6. The van der Waals surface area contributed by atoms with Crippen LogP contribution in [0.25, 0.3) is 0 Å². The van der Waals surface area contributed by atoms with Gasteiger partial charge in [0, 0.05) is 23.8 Å². The maximum Gasteiger partial charge on any atom is 0.424 e. The summed E-state index contributed by atoms with van der Waals surface area (Å²) in [6.07, 6.45) is -0.317. The van der Waals surface area contributed by atoms with E-state index in [1.807, 2.05) is 37.4 Å². The van der Waals surface area contributed by atoms with Gasteiger partial charge in [0.25, 0.3) is 0 Å². The number of anilines is 1. The molecule has 1 N–H and O–H groups in total. The van der Waals surface area contributed by atoms with Crippen LogP contribution in [0.5, 0.6) is 0 Å². The van der Waals surface area contributed by atoms with Gasteiger partial charge in [-0.15, -0.1) is 0 Å². The average Bonchev–Trinajstić information content (AvgIpc) is 3.00. The number of halogens is 1. The Morgan fingerprint density at radius 1 is 1.21 bits per heavy atom. The van der Waals surface area contributed by atoms with Crippen molar-refractivity contribution in [3.05, 3.63) is 64.6 Å². The highest BCUT2D eigenvalue weighted by Gasteiger charge is 2.26. The van der Waals surface area contributed by atoms with Crippen LogP contribution >= 0.6 is 15.9 Å². The number of carbonyl (C=O) groups excluding carboxylic acids is 1. The maximum atomic E-state index is 11.8. The summed E-state index contributed by atoms with van der Waals surface area (Å²) in [4.78, 5) is 13.9. The van der Waals surface area contributed by atoms with Gasteiger partial charge >= 0.3 is 6.09 Å². The normalized spacial score (nSPS) is 15.2. The minimum atomic E-state index is -0.317. The van der Waals surface area contributed by atoms with Gasteiger partial charge in [-0.3, -0.25) is 0 Å². The molecule has 1 amide bonds. The minimum Gasteiger partial charge on any atom is -0.447 e. The quantitative estimate of drug-likeness (QED) is 0.819. The first-order chi connectivity index (χ1) is 11.6. The van der Waals surface area contributed by atoms with Gasteiger partial charge in [-0.1, -0.05) is 46.3 Å². The van der Waals surface area contributed by atoms with Crippen molar-refractivity contribution in [3.8, 4) is 0 Å². The Bertz CT molecular complexity index is 678. The van der Waals surface area contributed by atoms with Crippen LogP contribution in [0.4, 0.5) is 10.5 Å². The number of nitrogens with zero attached hydrogens (tertiary/aromatic N) is 2. The highest BCUT2D eigenvalue weighted by atomic mass is 79.9. The molecule has 1 aliphatic heterocycles. The lowest BCUT2D eigenvalue weighted by atomic mass is 10.1. The fraction of sp³-hybridized carbons (Fsp3) is 0.278. The fourth-order valence-corrected chi connectivity index (χ4v) is 2.94. The molecule has 3 rings (SSSR count). The summed E-state index contributed by atoms with van der Waals surface area (Å²) in [5, 5.41) is 1.55. The molecular weight excluding hydrogens is 370 g/mol. The van der Waals surface area contributed by atoms with Crippen LogP contribution in [0.2, 0.25) is 0 Å². The molecular formula is C18H20BrN3O2. The summed E-state index contributed by atoms with van der Waals surface area (Å²) >= 11 is 3.46. The zero-order chi connectivity index (χ0) is 16.9. The van der Waals surface area contributed by atoms with Gasteiger partial charge in [0.15, 0.2) is 0 Å². The second-order valence-electron chi connectivity index (χ2n) is 5.72. The van der Waals surface area contributed by atoms with E-state index in [4.69, 9.17) is 4.74 Å². The smallest absolute Gasteiger partial charge is 0.424 e. The number of hydrogen-bond donors (Lipinski definition) is 1. The van der Waals surface area contributed by atoms with Gasteiger partial charge in [-0.05, 0) is 29.8 Å². The SMILES string of the molecule is CN(C[C@H](NN1CCOC1=O)c1ccccc1)c1ccc(Br)cc1. The molecule has 0 radical (unpaired) electrons. The third kappa shape index (κ3) is 4.07. The van der Waals surface area contributed by atoms with Crippen molar-refractivity contribution in [1.82, 2.24) is 10.4 Å². The van der Waals surface area contributed by atoms with Gasteiger partial charge in [0.1, 0.15) is 6.61 Å². The fourth-order valence-electron chi connectivity index (χ4n) is 2.68. The molecule has 2 aromatic carbocycles. The molecule has 0 spiro atoms. The van der Waals surface area contributed by atoms with E-state index in [2.05, 4.69) is 50.5 Å². The van der Waals surface area contributed by atoms with Crippen LogP contribution < -0.4 is 10.3 Å². The summed E-state index contributed by atoms with van der Waals surface area (Å²) in [6, 6.07) is 18.3. The van der Waals surface area contributed by atoms with E-state index in [9.17, 15) is 4.79 Å². The summed E-state index contributed by atoms with van der Waals surface area (Å²) in [5.74, 6) is 0. The molecule has 1 heterocycles. The van der Waals surface area contributed by atoms with E-state index in [1.165, 1.54) is 0 Å². The predicted octanol–water partition coefficient (Wildman–Crippen LogP) is 3.58. The third-order valence-corrected chi connectivity index (χ3v) is 4.53. The lowest BCUT2D eigenvalue weighted by molar-refractivity contribution is 0.139. The monoisotopic (exact) mass is 389 g/mol. The molecule has 0 bridgehead atoms. The van der Waals surface area contributed by atoms with Crippen LogP contribution in [0.1, 0.15) is 11.6 Å². The summed E-state index contributed by atoms with van der Waals surface area (Å²) in [6.45, 7) is 1.70. The van der Waals surface area contributed by atoms with Gasteiger partial charge < -0.3 is 9.64 Å². The lowest BCUT2D eigenvalue weighted by Gasteiger charge is -2.29. The summed E-state index contributed by atoms with van der Waals surface area (Å²) < 4.78 is 6.06. The van der Waals surface area contributed by atoms with E-state index >= 15 is 0 Å². The standard InChI is InChI=1S/C18H20BrN3O2/c1-21(16-9-7-15(19)8-10-16)13-17(14-5-3-2-4-6-14)20-22-11-12-24-18(22)23/h2-10,17,20H,11-13H2,1H3/t17-/m0/s1. The lowest BCUT2D eigenvalue weighted by Crippen LogP contribution is -2.44. The van der Waals surface area contributed by atoms with Crippen molar-refractivity contribution in [2.75, 3.05) is 31.6 Å².